The number of rotatable bonds is 9. The van der Waals surface area contributed by atoms with E-state index in [1.165, 1.54) is 27.8 Å². The summed E-state index contributed by atoms with van der Waals surface area (Å²) in [5.74, 6) is 3.80. The maximum absolute atomic E-state index is 7.47. The van der Waals surface area contributed by atoms with Crippen molar-refractivity contribution in [3.63, 3.8) is 0 Å². The summed E-state index contributed by atoms with van der Waals surface area (Å²) in [5.41, 5.74) is 8.19. The summed E-state index contributed by atoms with van der Waals surface area (Å²) in [4.78, 5) is 0. The molecule has 2 aliphatic rings. The van der Waals surface area contributed by atoms with Crippen molar-refractivity contribution in [1.29, 1.82) is 0 Å². The van der Waals surface area contributed by atoms with Gasteiger partial charge >= 0.3 is 0 Å². The Morgan fingerprint density at radius 3 is 1.98 bits per heavy atom. The molecular weight excluding hydrogens is 584 g/mol. The van der Waals surface area contributed by atoms with Gasteiger partial charge in [0.2, 0.25) is 0 Å². The van der Waals surface area contributed by atoms with Crippen molar-refractivity contribution in [2.45, 2.75) is 51.6 Å². The highest BCUT2D eigenvalue weighted by atomic mass is 16.5. The van der Waals surface area contributed by atoms with E-state index in [9.17, 15) is 0 Å². The van der Waals surface area contributed by atoms with Crippen molar-refractivity contribution in [3.05, 3.63) is 118 Å². The van der Waals surface area contributed by atoms with E-state index in [2.05, 4.69) is 94.4 Å². The normalized spacial score (nSPS) is 17.0. The van der Waals surface area contributed by atoms with E-state index in [1.807, 2.05) is 24.3 Å². The molecule has 0 N–H and O–H groups in total. The molecule has 1 aliphatic carbocycles. The zero-order valence-corrected chi connectivity index (χ0v) is 28.3. The van der Waals surface area contributed by atoms with Gasteiger partial charge in [-0.1, -0.05) is 81.3 Å². The molecule has 5 heteroatoms. The van der Waals surface area contributed by atoms with Crippen LogP contribution in [0.25, 0.3) is 28.0 Å². The fourth-order valence-electron chi connectivity index (χ4n) is 7.37. The number of methoxy groups -OCH3 is 3. The topological polar surface area (TPSA) is 46.2 Å². The summed E-state index contributed by atoms with van der Waals surface area (Å²) < 4.78 is 30.7. The van der Waals surface area contributed by atoms with Gasteiger partial charge < -0.3 is 23.7 Å². The van der Waals surface area contributed by atoms with Crippen LogP contribution >= 0.6 is 0 Å². The second-order valence-electron chi connectivity index (χ2n) is 13.0. The predicted molar refractivity (Wildman–Crippen MR) is 190 cm³/mol. The van der Waals surface area contributed by atoms with Gasteiger partial charge in [0.05, 0.1) is 27.9 Å². The van der Waals surface area contributed by atoms with Crippen molar-refractivity contribution < 1.29 is 23.7 Å². The van der Waals surface area contributed by atoms with Crippen LogP contribution in [0.5, 0.6) is 28.7 Å². The zero-order valence-electron chi connectivity index (χ0n) is 28.3. The fourth-order valence-corrected chi connectivity index (χ4v) is 7.37. The van der Waals surface area contributed by atoms with Crippen LogP contribution in [-0.4, -0.2) is 27.9 Å². The summed E-state index contributed by atoms with van der Waals surface area (Å²) >= 11 is 0. The second kappa shape index (κ2) is 11.7. The molecule has 1 atom stereocenters. The number of hydrogen-bond donors (Lipinski definition) is 0. The zero-order chi connectivity index (χ0) is 32.9. The molecule has 1 aliphatic heterocycles. The average Bonchev–Trinajstić information content (AvgIpc) is 3.33. The van der Waals surface area contributed by atoms with Crippen LogP contribution in [0.4, 0.5) is 0 Å². The molecule has 5 aromatic rings. The molecule has 0 saturated carbocycles. The van der Waals surface area contributed by atoms with Gasteiger partial charge in [0, 0.05) is 27.5 Å². The monoisotopic (exact) mass is 626 g/mol. The Morgan fingerprint density at radius 2 is 1.36 bits per heavy atom. The largest absolute Gasteiger partial charge is 0.497 e. The molecule has 1 unspecified atom stereocenters. The van der Waals surface area contributed by atoms with E-state index in [4.69, 9.17) is 23.7 Å². The third-order valence-corrected chi connectivity index (χ3v) is 9.86. The van der Waals surface area contributed by atoms with Crippen LogP contribution in [0.15, 0.2) is 84.9 Å². The SMILES string of the molecule is CCCCOc1ccc(C2(c3ccc(OC)cc3)C=Cc3c4c(c5cc(OC)c(OC)cc5c3O2)-c2ccc(C)cc2C4(C)C)cc1. The molecule has 240 valence electrons. The minimum absolute atomic E-state index is 0.257. The van der Waals surface area contributed by atoms with E-state index in [0.29, 0.717) is 18.1 Å². The third kappa shape index (κ3) is 4.83. The molecule has 0 saturated heterocycles. The van der Waals surface area contributed by atoms with Crippen molar-refractivity contribution in [2.75, 3.05) is 27.9 Å². The average molecular weight is 627 g/mol. The van der Waals surface area contributed by atoms with Gasteiger partial charge in [-0.15, -0.1) is 0 Å². The number of ether oxygens (including phenoxy) is 5. The van der Waals surface area contributed by atoms with Gasteiger partial charge in [0.15, 0.2) is 17.1 Å². The Bertz CT molecular complexity index is 2000. The lowest BCUT2D eigenvalue weighted by Gasteiger charge is -2.38. The molecule has 0 fully saturated rings. The number of fused-ring (bicyclic) bond motifs is 8. The first-order valence-electron chi connectivity index (χ1n) is 16.4. The molecule has 0 bridgehead atoms. The van der Waals surface area contributed by atoms with E-state index in [-0.39, 0.29) is 5.41 Å². The Balaban J connectivity index is 1.50. The number of benzene rings is 5. The molecule has 1 heterocycles. The first-order valence-corrected chi connectivity index (χ1v) is 16.4. The van der Waals surface area contributed by atoms with Crippen molar-refractivity contribution in [1.82, 2.24) is 0 Å². The molecule has 5 aromatic carbocycles. The first-order chi connectivity index (χ1) is 22.7. The fraction of sp³-hybridized carbons (Fsp3) is 0.286. The smallest absolute Gasteiger partial charge is 0.178 e. The van der Waals surface area contributed by atoms with Crippen LogP contribution in [0.2, 0.25) is 0 Å². The summed E-state index contributed by atoms with van der Waals surface area (Å²) in [5, 5.41) is 2.05. The number of unbranched alkanes of at least 4 members (excludes halogenated alkanes) is 1. The lowest BCUT2D eigenvalue weighted by molar-refractivity contribution is 0.163. The standard InChI is InChI=1S/C42H42O5/c1-8-9-22-46-30-17-13-28(14-18-30)42(27-11-15-29(43-5)16-12-27)21-20-32-39-38(31-19-10-26(2)23-35(31)41(39,3)4)33-24-36(44-6)37(45-7)25-34(33)40(32)47-42/h10-21,23-25H,8-9,22H2,1-7H3. The minimum atomic E-state index is -0.915. The highest BCUT2D eigenvalue weighted by Gasteiger charge is 2.44. The second-order valence-corrected chi connectivity index (χ2v) is 13.0. The molecule has 5 nitrogen and oxygen atoms in total. The number of aryl methyl sites for hydroxylation is 1. The molecular formula is C42H42O5. The minimum Gasteiger partial charge on any atom is -0.497 e. The third-order valence-electron chi connectivity index (χ3n) is 9.86. The van der Waals surface area contributed by atoms with E-state index < -0.39 is 5.60 Å². The summed E-state index contributed by atoms with van der Waals surface area (Å²) in [6.07, 6.45) is 6.59. The molecule has 0 aromatic heterocycles. The first kappa shape index (κ1) is 30.7. The van der Waals surface area contributed by atoms with Gasteiger partial charge in [0.1, 0.15) is 17.2 Å². The van der Waals surface area contributed by atoms with Gasteiger partial charge in [-0.3, -0.25) is 0 Å². The van der Waals surface area contributed by atoms with Crippen molar-refractivity contribution in [2.24, 2.45) is 0 Å². The highest BCUT2D eigenvalue weighted by molar-refractivity contribution is 6.09. The van der Waals surface area contributed by atoms with Gasteiger partial charge in [-0.2, -0.15) is 0 Å². The molecule has 0 amide bonds. The maximum atomic E-state index is 7.47. The Labute approximate surface area is 277 Å². The van der Waals surface area contributed by atoms with Gasteiger partial charge in [-0.25, -0.2) is 0 Å². The van der Waals surface area contributed by atoms with E-state index >= 15 is 0 Å². The number of hydrogen-bond acceptors (Lipinski definition) is 5. The van der Waals surface area contributed by atoms with Gasteiger partial charge in [0.25, 0.3) is 0 Å². The van der Waals surface area contributed by atoms with E-state index in [0.717, 1.165) is 57.6 Å². The lowest BCUT2D eigenvalue weighted by atomic mass is 9.76. The van der Waals surface area contributed by atoms with Crippen LogP contribution in [-0.2, 0) is 11.0 Å². The maximum Gasteiger partial charge on any atom is 0.178 e. The van der Waals surface area contributed by atoms with E-state index in [1.54, 1.807) is 21.3 Å². The Morgan fingerprint density at radius 1 is 0.723 bits per heavy atom. The van der Waals surface area contributed by atoms with Crippen LogP contribution in [0.3, 0.4) is 0 Å². The molecule has 7 rings (SSSR count). The van der Waals surface area contributed by atoms with Crippen LogP contribution in [0.1, 0.15) is 67.0 Å². The van der Waals surface area contributed by atoms with Crippen LogP contribution in [0, 0.1) is 6.92 Å². The van der Waals surface area contributed by atoms with Crippen molar-refractivity contribution in [3.8, 4) is 39.9 Å². The summed E-state index contributed by atoms with van der Waals surface area (Å²) in [6, 6.07) is 27.4. The summed E-state index contributed by atoms with van der Waals surface area (Å²) in [6.45, 7) is 9.67. The Kier molecular flexibility index (Phi) is 7.66. The van der Waals surface area contributed by atoms with Crippen molar-refractivity contribution >= 4 is 16.8 Å². The van der Waals surface area contributed by atoms with Gasteiger partial charge in [-0.05, 0) is 83.5 Å². The van der Waals surface area contributed by atoms with Crippen LogP contribution < -0.4 is 23.7 Å². The molecule has 0 spiro atoms. The quantitative estimate of drug-likeness (QED) is 0.152. The predicted octanol–water partition coefficient (Wildman–Crippen LogP) is 10.0. The Hall–Kier alpha value is -4.90. The highest BCUT2D eigenvalue weighted by Crippen LogP contribution is 2.59. The molecule has 0 radical (unpaired) electrons. The molecule has 47 heavy (non-hydrogen) atoms. The summed E-state index contributed by atoms with van der Waals surface area (Å²) in [7, 11) is 5.05. The lowest BCUT2D eigenvalue weighted by Crippen LogP contribution is -2.35.